The summed E-state index contributed by atoms with van der Waals surface area (Å²) in [5.74, 6) is 0.753. The van der Waals surface area contributed by atoms with Crippen LogP contribution in [0.15, 0.2) is 48.5 Å². The van der Waals surface area contributed by atoms with Gasteiger partial charge in [-0.1, -0.05) is 30.3 Å². The maximum Gasteiger partial charge on any atom is 0.119 e. The Morgan fingerprint density at radius 3 is 2.67 bits per heavy atom. The van der Waals surface area contributed by atoms with Gasteiger partial charge < -0.3 is 15.6 Å². The Bertz CT molecular complexity index is 525. The first-order valence-electron chi connectivity index (χ1n) is 5.97. The van der Waals surface area contributed by atoms with Crippen molar-refractivity contribution in [3.63, 3.8) is 0 Å². The summed E-state index contributed by atoms with van der Waals surface area (Å²) < 4.78 is 5.42. The highest BCUT2D eigenvalue weighted by Crippen LogP contribution is 2.28. The number of aliphatic hydroxyl groups is 1. The summed E-state index contributed by atoms with van der Waals surface area (Å²) in [4.78, 5) is 0. The maximum absolute atomic E-state index is 10.3. The molecule has 18 heavy (non-hydrogen) atoms. The second kappa shape index (κ2) is 5.56. The number of para-hydroxylation sites is 1. The van der Waals surface area contributed by atoms with E-state index in [2.05, 4.69) is 0 Å². The second-order valence-corrected chi connectivity index (χ2v) is 4.04. The van der Waals surface area contributed by atoms with Gasteiger partial charge in [0.15, 0.2) is 0 Å². The molecule has 0 heterocycles. The molecule has 2 rings (SSSR count). The molecule has 0 amide bonds. The minimum atomic E-state index is -0.730. The first-order chi connectivity index (χ1) is 8.72. The van der Waals surface area contributed by atoms with Crippen molar-refractivity contribution in [2.24, 2.45) is 0 Å². The summed E-state index contributed by atoms with van der Waals surface area (Å²) in [6, 6.07) is 14.7. The van der Waals surface area contributed by atoms with Gasteiger partial charge in [0.05, 0.1) is 6.61 Å². The molecule has 0 aliphatic carbocycles. The van der Waals surface area contributed by atoms with E-state index in [1.165, 1.54) is 0 Å². The molecule has 3 N–H and O–H groups in total. The van der Waals surface area contributed by atoms with Crippen LogP contribution in [0.4, 0.5) is 5.69 Å². The fourth-order valence-corrected chi connectivity index (χ4v) is 1.88. The van der Waals surface area contributed by atoms with Crippen LogP contribution < -0.4 is 10.5 Å². The molecule has 0 aliphatic heterocycles. The van der Waals surface area contributed by atoms with Crippen molar-refractivity contribution in [3.05, 3.63) is 59.7 Å². The summed E-state index contributed by atoms with van der Waals surface area (Å²) in [6.45, 7) is 2.53. The monoisotopic (exact) mass is 243 g/mol. The fourth-order valence-electron chi connectivity index (χ4n) is 1.88. The van der Waals surface area contributed by atoms with E-state index in [0.29, 0.717) is 17.9 Å². The van der Waals surface area contributed by atoms with Gasteiger partial charge in [-0.05, 0) is 30.7 Å². The number of hydrogen-bond donors (Lipinski definition) is 2. The van der Waals surface area contributed by atoms with Crippen molar-refractivity contribution in [2.45, 2.75) is 13.0 Å². The normalized spacial score (nSPS) is 12.1. The van der Waals surface area contributed by atoms with Crippen LogP contribution in [-0.4, -0.2) is 11.7 Å². The van der Waals surface area contributed by atoms with Crippen LogP contribution in [0, 0.1) is 0 Å². The Morgan fingerprint density at radius 1 is 1.17 bits per heavy atom. The van der Waals surface area contributed by atoms with Gasteiger partial charge in [-0.3, -0.25) is 0 Å². The number of benzene rings is 2. The molecule has 1 atom stereocenters. The molecular weight excluding hydrogens is 226 g/mol. The minimum absolute atomic E-state index is 0.590. The van der Waals surface area contributed by atoms with Crippen LogP contribution in [0.5, 0.6) is 5.75 Å². The molecule has 0 aromatic heterocycles. The van der Waals surface area contributed by atoms with E-state index in [4.69, 9.17) is 10.5 Å². The van der Waals surface area contributed by atoms with Crippen molar-refractivity contribution < 1.29 is 9.84 Å². The number of nitrogens with two attached hydrogens (primary N) is 1. The first-order valence-corrected chi connectivity index (χ1v) is 5.97. The van der Waals surface area contributed by atoms with E-state index >= 15 is 0 Å². The lowest BCUT2D eigenvalue weighted by molar-refractivity contribution is 0.220. The summed E-state index contributed by atoms with van der Waals surface area (Å²) in [7, 11) is 0. The van der Waals surface area contributed by atoms with Crippen molar-refractivity contribution in [2.75, 3.05) is 12.3 Å². The van der Waals surface area contributed by atoms with E-state index in [1.807, 2.05) is 49.4 Å². The van der Waals surface area contributed by atoms with Crippen molar-refractivity contribution in [1.29, 1.82) is 0 Å². The zero-order valence-electron chi connectivity index (χ0n) is 10.3. The molecule has 2 aromatic carbocycles. The topological polar surface area (TPSA) is 55.5 Å². The zero-order chi connectivity index (χ0) is 13.0. The van der Waals surface area contributed by atoms with Crippen LogP contribution in [0.2, 0.25) is 0 Å². The van der Waals surface area contributed by atoms with Gasteiger partial charge in [0.1, 0.15) is 11.9 Å². The predicted molar refractivity (Wildman–Crippen MR) is 72.5 cm³/mol. The van der Waals surface area contributed by atoms with Gasteiger partial charge in [0.2, 0.25) is 0 Å². The number of rotatable bonds is 4. The fraction of sp³-hybridized carbons (Fsp3) is 0.200. The molecule has 2 aromatic rings. The van der Waals surface area contributed by atoms with Crippen molar-refractivity contribution >= 4 is 5.69 Å². The summed E-state index contributed by atoms with van der Waals surface area (Å²) in [5.41, 5.74) is 7.94. The predicted octanol–water partition coefficient (Wildman–Crippen LogP) is 2.75. The third kappa shape index (κ3) is 2.63. The van der Waals surface area contributed by atoms with E-state index in [-0.39, 0.29) is 0 Å². The Labute approximate surface area is 107 Å². The lowest BCUT2D eigenvalue weighted by Crippen LogP contribution is -2.04. The Balaban J connectivity index is 2.31. The third-order valence-electron chi connectivity index (χ3n) is 2.78. The molecule has 0 fully saturated rings. The molecule has 3 nitrogen and oxygen atoms in total. The number of nitrogen functional groups attached to an aromatic ring is 1. The lowest BCUT2D eigenvalue weighted by Gasteiger charge is -2.14. The van der Waals surface area contributed by atoms with E-state index < -0.39 is 6.10 Å². The molecule has 0 saturated heterocycles. The van der Waals surface area contributed by atoms with Gasteiger partial charge >= 0.3 is 0 Å². The smallest absolute Gasteiger partial charge is 0.119 e. The lowest BCUT2D eigenvalue weighted by atomic mass is 10.00. The number of anilines is 1. The first kappa shape index (κ1) is 12.5. The zero-order valence-corrected chi connectivity index (χ0v) is 10.3. The average molecular weight is 243 g/mol. The molecule has 0 radical (unpaired) electrons. The summed E-state index contributed by atoms with van der Waals surface area (Å²) in [5, 5.41) is 10.3. The number of ether oxygens (including phenoxy) is 1. The highest BCUT2D eigenvalue weighted by atomic mass is 16.5. The summed E-state index contributed by atoms with van der Waals surface area (Å²) in [6.07, 6.45) is -0.730. The van der Waals surface area contributed by atoms with E-state index in [0.717, 1.165) is 11.3 Å². The quantitative estimate of drug-likeness (QED) is 0.812. The van der Waals surface area contributed by atoms with Gasteiger partial charge in [-0.25, -0.2) is 0 Å². The van der Waals surface area contributed by atoms with Crippen LogP contribution in [0.1, 0.15) is 24.2 Å². The standard InChI is InChI=1S/C15H17NO2/c1-2-18-12-7-5-6-11(10-12)15(17)13-8-3-4-9-14(13)16/h3-10,15,17H,2,16H2,1H3. The number of aliphatic hydroxyl groups excluding tert-OH is 1. The van der Waals surface area contributed by atoms with Gasteiger partial charge in [0, 0.05) is 11.3 Å². The van der Waals surface area contributed by atoms with Crippen LogP contribution in [0.25, 0.3) is 0 Å². The molecule has 1 unspecified atom stereocenters. The molecule has 0 aliphatic rings. The molecule has 0 bridgehead atoms. The van der Waals surface area contributed by atoms with E-state index in [1.54, 1.807) is 6.07 Å². The van der Waals surface area contributed by atoms with Crippen LogP contribution in [-0.2, 0) is 0 Å². The Morgan fingerprint density at radius 2 is 1.94 bits per heavy atom. The van der Waals surface area contributed by atoms with E-state index in [9.17, 15) is 5.11 Å². The largest absolute Gasteiger partial charge is 0.494 e. The maximum atomic E-state index is 10.3. The molecule has 0 spiro atoms. The second-order valence-electron chi connectivity index (χ2n) is 4.04. The highest BCUT2D eigenvalue weighted by Gasteiger charge is 2.13. The molecule has 3 heteroatoms. The Hall–Kier alpha value is -2.00. The molecular formula is C15H17NO2. The Kier molecular flexibility index (Phi) is 3.85. The average Bonchev–Trinajstić information content (AvgIpc) is 2.39. The molecule has 94 valence electrons. The number of hydrogen-bond acceptors (Lipinski definition) is 3. The molecule has 0 saturated carbocycles. The SMILES string of the molecule is CCOc1cccc(C(O)c2ccccc2N)c1. The van der Waals surface area contributed by atoms with Gasteiger partial charge in [-0.15, -0.1) is 0 Å². The van der Waals surface area contributed by atoms with Crippen molar-refractivity contribution in [3.8, 4) is 5.75 Å². The van der Waals surface area contributed by atoms with Crippen LogP contribution in [0.3, 0.4) is 0 Å². The highest BCUT2D eigenvalue weighted by molar-refractivity contribution is 5.50. The van der Waals surface area contributed by atoms with Crippen LogP contribution >= 0.6 is 0 Å². The van der Waals surface area contributed by atoms with Crippen molar-refractivity contribution in [1.82, 2.24) is 0 Å². The minimum Gasteiger partial charge on any atom is -0.494 e. The van der Waals surface area contributed by atoms with Gasteiger partial charge in [0.25, 0.3) is 0 Å². The summed E-state index contributed by atoms with van der Waals surface area (Å²) >= 11 is 0. The van der Waals surface area contributed by atoms with Gasteiger partial charge in [-0.2, -0.15) is 0 Å². The third-order valence-corrected chi connectivity index (χ3v) is 2.78.